The summed E-state index contributed by atoms with van der Waals surface area (Å²) in [7, 11) is 0. The maximum absolute atomic E-state index is 12.7. The maximum Gasteiger partial charge on any atom is 0.247 e. The standard InChI is InChI=1S/C19H22N2O2/c1-2-23-17-11-7-6-10-16(17)21-18(14-8-4-3-5-9-14)19(22)20-15-12-13-15/h3-11,15,18,21H,2,12-13H2,1H3,(H,20,22)/t18-/m1/s1. The van der Waals surface area contributed by atoms with E-state index in [4.69, 9.17) is 4.74 Å². The molecule has 0 radical (unpaired) electrons. The number of hydrogen-bond donors (Lipinski definition) is 2. The molecule has 2 aromatic rings. The van der Waals surface area contributed by atoms with Crippen LogP contribution in [0.5, 0.6) is 5.75 Å². The molecular formula is C19H22N2O2. The fraction of sp³-hybridized carbons (Fsp3) is 0.316. The molecule has 4 heteroatoms. The molecule has 0 unspecified atom stereocenters. The molecule has 23 heavy (non-hydrogen) atoms. The van der Waals surface area contributed by atoms with Gasteiger partial charge in [0.1, 0.15) is 11.8 Å². The van der Waals surface area contributed by atoms with Crippen LogP contribution in [-0.4, -0.2) is 18.6 Å². The van der Waals surface area contributed by atoms with E-state index in [1.807, 2.05) is 61.5 Å². The van der Waals surface area contributed by atoms with Crippen molar-refractivity contribution in [2.24, 2.45) is 0 Å². The van der Waals surface area contributed by atoms with Gasteiger partial charge in [0, 0.05) is 6.04 Å². The first-order valence-electron chi connectivity index (χ1n) is 8.11. The summed E-state index contributed by atoms with van der Waals surface area (Å²) in [6.45, 7) is 2.54. The molecule has 0 heterocycles. The molecule has 0 spiro atoms. The Morgan fingerprint density at radius 2 is 1.83 bits per heavy atom. The minimum atomic E-state index is -0.432. The van der Waals surface area contributed by atoms with Crippen LogP contribution in [0.2, 0.25) is 0 Å². The van der Waals surface area contributed by atoms with Crippen LogP contribution < -0.4 is 15.4 Å². The Kier molecular flexibility index (Phi) is 4.81. The summed E-state index contributed by atoms with van der Waals surface area (Å²) in [5.41, 5.74) is 1.77. The molecule has 3 rings (SSSR count). The second-order valence-electron chi connectivity index (χ2n) is 5.70. The van der Waals surface area contributed by atoms with Gasteiger partial charge in [-0.1, -0.05) is 42.5 Å². The molecule has 1 amide bonds. The number of benzene rings is 2. The lowest BCUT2D eigenvalue weighted by Crippen LogP contribution is -2.34. The monoisotopic (exact) mass is 310 g/mol. The van der Waals surface area contributed by atoms with E-state index in [2.05, 4.69) is 10.6 Å². The van der Waals surface area contributed by atoms with E-state index >= 15 is 0 Å². The van der Waals surface area contributed by atoms with E-state index < -0.39 is 6.04 Å². The second-order valence-corrected chi connectivity index (χ2v) is 5.70. The highest BCUT2D eigenvalue weighted by molar-refractivity contribution is 5.87. The largest absolute Gasteiger partial charge is 0.492 e. The van der Waals surface area contributed by atoms with Crippen LogP contribution in [-0.2, 0) is 4.79 Å². The van der Waals surface area contributed by atoms with Crippen LogP contribution in [0.25, 0.3) is 0 Å². The summed E-state index contributed by atoms with van der Waals surface area (Å²) < 4.78 is 5.65. The van der Waals surface area contributed by atoms with E-state index in [0.717, 1.165) is 29.8 Å². The summed E-state index contributed by atoms with van der Waals surface area (Å²) >= 11 is 0. The van der Waals surface area contributed by atoms with Crippen molar-refractivity contribution in [2.45, 2.75) is 31.8 Å². The van der Waals surface area contributed by atoms with E-state index in [9.17, 15) is 4.79 Å². The van der Waals surface area contributed by atoms with Gasteiger partial charge in [-0.25, -0.2) is 0 Å². The van der Waals surface area contributed by atoms with Crippen molar-refractivity contribution < 1.29 is 9.53 Å². The normalized spacial score (nSPS) is 14.8. The van der Waals surface area contributed by atoms with Crippen molar-refractivity contribution in [3.05, 3.63) is 60.2 Å². The van der Waals surface area contributed by atoms with Crippen LogP contribution >= 0.6 is 0 Å². The summed E-state index contributed by atoms with van der Waals surface area (Å²) in [4.78, 5) is 12.7. The number of amides is 1. The molecule has 1 aliphatic rings. The van der Waals surface area contributed by atoms with Crippen molar-refractivity contribution in [3.63, 3.8) is 0 Å². The van der Waals surface area contributed by atoms with E-state index in [1.165, 1.54) is 0 Å². The first kappa shape index (κ1) is 15.4. The second kappa shape index (κ2) is 7.18. The molecule has 1 atom stereocenters. The van der Waals surface area contributed by atoms with Crippen LogP contribution in [0, 0.1) is 0 Å². The summed E-state index contributed by atoms with van der Waals surface area (Å²) in [6.07, 6.45) is 2.14. The van der Waals surface area contributed by atoms with Crippen molar-refractivity contribution in [1.82, 2.24) is 5.32 Å². The van der Waals surface area contributed by atoms with Crippen molar-refractivity contribution in [2.75, 3.05) is 11.9 Å². The number of nitrogens with one attached hydrogen (secondary N) is 2. The quantitative estimate of drug-likeness (QED) is 0.822. The Balaban J connectivity index is 1.85. The van der Waals surface area contributed by atoms with Gasteiger partial charge in [-0.15, -0.1) is 0 Å². The Bertz CT molecular complexity index is 653. The third-order valence-corrected chi connectivity index (χ3v) is 3.81. The molecule has 1 saturated carbocycles. The number of carbonyl (C=O) groups is 1. The molecule has 0 aromatic heterocycles. The number of ether oxygens (including phenoxy) is 1. The van der Waals surface area contributed by atoms with Crippen LogP contribution in [0.3, 0.4) is 0 Å². The van der Waals surface area contributed by atoms with Gasteiger partial charge < -0.3 is 15.4 Å². The molecule has 1 fully saturated rings. The van der Waals surface area contributed by atoms with Gasteiger partial charge in [-0.2, -0.15) is 0 Å². The van der Waals surface area contributed by atoms with Crippen molar-refractivity contribution >= 4 is 11.6 Å². The predicted molar refractivity (Wildman–Crippen MR) is 91.6 cm³/mol. The zero-order chi connectivity index (χ0) is 16.1. The molecule has 0 bridgehead atoms. The van der Waals surface area contributed by atoms with Gasteiger partial charge in [0.2, 0.25) is 5.91 Å². The fourth-order valence-electron chi connectivity index (χ4n) is 2.48. The zero-order valence-corrected chi connectivity index (χ0v) is 13.3. The molecule has 120 valence electrons. The molecule has 0 aliphatic heterocycles. The minimum Gasteiger partial charge on any atom is -0.492 e. The lowest BCUT2D eigenvalue weighted by Gasteiger charge is -2.21. The lowest BCUT2D eigenvalue weighted by molar-refractivity contribution is -0.122. The Hall–Kier alpha value is -2.49. The van der Waals surface area contributed by atoms with Gasteiger partial charge in [0.15, 0.2) is 0 Å². The van der Waals surface area contributed by atoms with Crippen LogP contribution in [0.15, 0.2) is 54.6 Å². The number of carbonyl (C=O) groups excluding carboxylic acids is 1. The van der Waals surface area contributed by atoms with Gasteiger partial charge in [-0.05, 0) is 37.5 Å². The first-order valence-corrected chi connectivity index (χ1v) is 8.11. The van der Waals surface area contributed by atoms with Gasteiger partial charge >= 0.3 is 0 Å². The Morgan fingerprint density at radius 1 is 1.13 bits per heavy atom. The molecule has 0 saturated heterocycles. The zero-order valence-electron chi connectivity index (χ0n) is 13.3. The number of hydrogen-bond acceptors (Lipinski definition) is 3. The average molecular weight is 310 g/mol. The Morgan fingerprint density at radius 3 is 2.52 bits per heavy atom. The Labute approximate surface area is 136 Å². The first-order chi connectivity index (χ1) is 11.3. The number of anilines is 1. The van der Waals surface area contributed by atoms with Gasteiger partial charge in [-0.3, -0.25) is 4.79 Å². The average Bonchev–Trinajstić information content (AvgIpc) is 3.39. The topological polar surface area (TPSA) is 50.4 Å². The van der Waals surface area contributed by atoms with Crippen molar-refractivity contribution in [3.8, 4) is 5.75 Å². The van der Waals surface area contributed by atoms with Crippen molar-refractivity contribution in [1.29, 1.82) is 0 Å². The third kappa shape index (κ3) is 4.03. The highest BCUT2D eigenvalue weighted by atomic mass is 16.5. The third-order valence-electron chi connectivity index (χ3n) is 3.81. The summed E-state index contributed by atoms with van der Waals surface area (Å²) in [6, 6.07) is 17.4. The van der Waals surface area contributed by atoms with Gasteiger partial charge in [0.25, 0.3) is 0 Å². The highest BCUT2D eigenvalue weighted by Crippen LogP contribution is 2.29. The van der Waals surface area contributed by atoms with E-state index in [0.29, 0.717) is 12.6 Å². The number of rotatable bonds is 7. The summed E-state index contributed by atoms with van der Waals surface area (Å²) in [5.74, 6) is 0.764. The van der Waals surface area contributed by atoms with E-state index in [1.54, 1.807) is 0 Å². The SMILES string of the molecule is CCOc1ccccc1N[C@@H](C(=O)NC1CC1)c1ccccc1. The molecule has 2 N–H and O–H groups in total. The molecule has 2 aromatic carbocycles. The molecular weight excluding hydrogens is 288 g/mol. The van der Waals surface area contributed by atoms with Gasteiger partial charge in [0.05, 0.1) is 12.3 Å². The smallest absolute Gasteiger partial charge is 0.247 e. The fourth-order valence-corrected chi connectivity index (χ4v) is 2.48. The highest BCUT2D eigenvalue weighted by Gasteiger charge is 2.28. The minimum absolute atomic E-state index is 0.00463. The molecule has 1 aliphatic carbocycles. The van der Waals surface area contributed by atoms with E-state index in [-0.39, 0.29) is 5.91 Å². The number of para-hydroxylation sites is 2. The van der Waals surface area contributed by atoms with Crippen LogP contribution in [0.1, 0.15) is 31.4 Å². The summed E-state index contributed by atoms with van der Waals surface area (Å²) in [5, 5.41) is 6.43. The maximum atomic E-state index is 12.7. The van der Waals surface area contributed by atoms with Crippen LogP contribution in [0.4, 0.5) is 5.69 Å². The predicted octanol–water partition coefficient (Wildman–Crippen LogP) is 3.52. The lowest BCUT2D eigenvalue weighted by atomic mass is 10.1. The molecule has 4 nitrogen and oxygen atoms in total.